The number of halogens is 3. The number of hydrogen-bond donors (Lipinski definition) is 2. The molecule has 1 atom stereocenters. The van der Waals surface area contributed by atoms with Crippen LogP contribution in [0.3, 0.4) is 0 Å². The third-order valence-corrected chi connectivity index (χ3v) is 3.15. The Labute approximate surface area is 98.4 Å². The summed E-state index contributed by atoms with van der Waals surface area (Å²) < 4.78 is 36.8. The summed E-state index contributed by atoms with van der Waals surface area (Å²) in [7, 11) is 0. The molecule has 1 fully saturated rings. The van der Waals surface area contributed by atoms with Crippen LogP contribution < -0.4 is 10.6 Å². The molecule has 17 heavy (non-hydrogen) atoms. The lowest BCUT2D eigenvalue weighted by atomic mass is 10.1. The van der Waals surface area contributed by atoms with Crippen LogP contribution in [-0.2, 0) is 11.0 Å². The average molecular weight is 266 g/mol. The number of carbonyl (C=O) groups is 1. The Hall–Kier alpha value is -1.38. The molecule has 1 amide bonds. The number of hydrogen-bond acceptors (Lipinski definition) is 5. The Kier molecular flexibility index (Phi) is 3.18. The van der Waals surface area contributed by atoms with E-state index in [2.05, 4.69) is 20.8 Å². The van der Waals surface area contributed by atoms with Crippen LogP contribution in [0.15, 0.2) is 0 Å². The van der Waals surface area contributed by atoms with Gasteiger partial charge in [-0.25, -0.2) is 0 Å². The van der Waals surface area contributed by atoms with Crippen LogP contribution in [0.4, 0.5) is 18.3 Å². The van der Waals surface area contributed by atoms with Gasteiger partial charge in [0.25, 0.3) is 0 Å². The maximum absolute atomic E-state index is 12.3. The maximum Gasteiger partial charge on any atom is 0.445 e. The molecule has 2 N–H and O–H groups in total. The monoisotopic (exact) mass is 266 g/mol. The summed E-state index contributed by atoms with van der Waals surface area (Å²) in [6, 6.07) is -0.530. The fourth-order valence-corrected chi connectivity index (χ4v) is 2.12. The lowest BCUT2D eigenvalue weighted by molar-refractivity contribution is -0.138. The van der Waals surface area contributed by atoms with Crippen LogP contribution in [0, 0.1) is 0 Å². The van der Waals surface area contributed by atoms with Gasteiger partial charge in [-0.3, -0.25) is 4.79 Å². The maximum atomic E-state index is 12.3. The van der Waals surface area contributed by atoms with Gasteiger partial charge >= 0.3 is 6.18 Å². The minimum absolute atomic E-state index is 0.0133. The molecule has 1 aromatic rings. The van der Waals surface area contributed by atoms with E-state index in [9.17, 15) is 18.0 Å². The first-order chi connectivity index (χ1) is 7.97. The van der Waals surface area contributed by atoms with Crippen LogP contribution in [-0.4, -0.2) is 28.7 Å². The molecule has 1 aliphatic rings. The van der Waals surface area contributed by atoms with Gasteiger partial charge in [0.05, 0.1) is 0 Å². The Morgan fingerprint density at radius 2 is 2.18 bits per heavy atom. The molecule has 0 saturated carbocycles. The summed E-state index contributed by atoms with van der Waals surface area (Å²) in [6.45, 7) is 0.598. The van der Waals surface area contributed by atoms with Gasteiger partial charge in [-0.2, -0.15) is 13.2 Å². The highest BCUT2D eigenvalue weighted by Crippen LogP contribution is 2.33. The van der Waals surface area contributed by atoms with E-state index < -0.39 is 17.2 Å². The van der Waals surface area contributed by atoms with Crippen molar-refractivity contribution in [3.8, 4) is 0 Å². The minimum atomic E-state index is -4.49. The fourth-order valence-electron chi connectivity index (χ4n) is 1.45. The van der Waals surface area contributed by atoms with Crippen molar-refractivity contribution < 1.29 is 18.0 Å². The Morgan fingerprint density at radius 3 is 2.76 bits per heavy atom. The van der Waals surface area contributed by atoms with Gasteiger partial charge in [-0.05, 0) is 12.8 Å². The second-order valence-corrected chi connectivity index (χ2v) is 4.52. The van der Waals surface area contributed by atoms with E-state index in [-0.39, 0.29) is 11.0 Å². The Balaban J connectivity index is 2.03. The molecule has 0 radical (unpaired) electrons. The Morgan fingerprint density at radius 1 is 1.41 bits per heavy atom. The van der Waals surface area contributed by atoms with Gasteiger partial charge in [0.15, 0.2) is 0 Å². The van der Waals surface area contributed by atoms with Crippen molar-refractivity contribution in [2.75, 3.05) is 11.9 Å². The van der Waals surface area contributed by atoms with E-state index in [0.717, 1.165) is 6.42 Å². The van der Waals surface area contributed by atoms with Crippen molar-refractivity contribution in [3.63, 3.8) is 0 Å². The number of amides is 1. The second-order valence-electron chi connectivity index (χ2n) is 3.54. The number of piperidine rings is 1. The van der Waals surface area contributed by atoms with Crippen molar-refractivity contribution in [1.29, 1.82) is 0 Å². The number of anilines is 1. The Bertz CT molecular complexity index is 419. The number of nitrogens with zero attached hydrogens (tertiary/aromatic N) is 2. The number of rotatable bonds is 2. The first-order valence-corrected chi connectivity index (χ1v) is 5.73. The van der Waals surface area contributed by atoms with Gasteiger partial charge in [-0.1, -0.05) is 11.3 Å². The predicted molar refractivity (Wildman–Crippen MR) is 54.6 cm³/mol. The molecule has 1 saturated heterocycles. The largest absolute Gasteiger partial charge is 0.445 e. The second kappa shape index (κ2) is 4.47. The molecule has 1 unspecified atom stereocenters. The molecule has 2 heterocycles. The molecular weight excluding hydrogens is 257 g/mol. The predicted octanol–water partition coefficient (Wildman–Crippen LogP) is 1.25. The molecule has 0 aliphatic carbocycles. The van der Waals surface area contributed by atoms with Crippen LogP contribution in [0.25, 0.3) is 0 Å². The third-order valence-electron chi connectivity index (χ3n) is 2.25. The van der Waals surface area contributed by atoms with Gasteiger partial charge in [0.2, 0.25) is 16.0 Å². The lowest BCUT2D eigenvalue weighted by Crippen LogP contribution is -2.44. The number of carbonyl (C=O) groups excluding carboxylic acids is 1. The van der Waals surface area contributed by atoms with E-state index in [0.29, 0.717) is 24.3 Å². The first kappa shape index (κ1) is 12.1. The summed E-state index contributed by atoms with van der Waals surface area (Å²) >= 11 is 0.397. The molecular formula is C8H9F3N4OS. The molecule has 1 aromatic heterocycles. The molecule has 1 aliphatic heterocycles. The zero-order valence-electron chi connectivity index (χ0n) is 8.54. The van der Waals surface area contributed by atoms with Crippen molar-refractivity contribution in [2.24, 2.45) is 0 Å². The van der Waals surface area contributed by atoms with Crippen molar-refractivity contribution in [1.82, 2.24) is 15.5 Å². The van der Waals surface area contributed by atoms with Gasteiger partial charge in [0, 0.05) is 6.54 Å². The summed E-state index contributed by atoms with van der Waals surface area (Å²) in [5, 5.41) is 10.7. The molecule has 94 valence electrons. The number of alkyl halides is 3. The highest BCUT2D eigenvalue weighted by Gasteiger charge is 2.36. The van der Waals surface area contributed by atoms with E-state index in [1.54, 1.807) is 0 Å². The van der Waals surface area contributed by atoms with Crippen molar-refractivity contribution >= 4 is 22.4 Å². The summed E-state index contributed by atoms with van der Waals surface area (Å²) in [6.07, 6.45) is -3.13. The standard InChI is InChI=1S/C8H9F3N4OS/c9-8(10,11)6-14-15-7(17-6)13-4-2-1-3-12-5(4)16/h4H,1-3H2,(H,12,16)(H,13,15). The van der Waals surface area contributed by atoms with Crippen molar-refractivity contribution in [3.05, 3.63) is 5.01 Å². The van der Waals surface area contributed by atoms with Crippen LogP contribution in [0.2, 0.25) is 0 Å². The normalized spacial score (nSPS) is 21.1. The number of nitrogens with one attached hydrogen (secondary N) is 2. The molecule has 0 bridgehead atoms. The summed E-state index contributed by atoms with van der Waals surface area (Å²) in [5.41, 5.74) is 0. The van der Waals surface area contributed by atoms with E-state index in [1.165, 1.54) is 0 Å². The fraction of sp³-hybridized carbons (Fsp3) is 0.625. The van der Waals surface area contributed by atoms with E-state index in [4.69, 9.17) is 0 Å². The SMILES string of the molecule is O=C1NCCCC1Nc1nnc(C(F)(F)F)s1. The zero-order chi connectivity index (χ0) is 12.5. The molecule has 5 nitrogen and oxygen atoms in total. The lowest BCUT2D eigenvalue weighted by Gasteiger charge is -2.21. The van der Waals surface area contributed by atoms with Gasteiger partial charge in [-0.15, -0.1) is 10.2 Å². The van der Waals surface area contributed by atoms with Crippen LogP contribution >= 0.6 is 11.3 Å². The summed E-state index contributed by atoms with van der Waals surface area (Å²) in [4.78, 5) is 11.4. The third kappa shape index (κ3) is 2.84. The van der Waals surface area contributed by atoms with Gasteiger partial charge in [0.1, 0.15) is 6.04 Å². The molecule has 0 spiro atoms. The van der Waals surface area contributed by atoms with Crippen molar-refractivity contribution in [2.45, 2.75) is 25.1 Å². The molecule has 0 aromatic carbocycles. The van der Waals surface area contributed by atoms with Gasteiger partial charge < -0.3 is 10.6 Å². The minimum Gasteiger partial charge on any atom is -0.354 e. The highest BCUT2D eigenvalue weighted by atomic mass is 32.1. The van der Waals surface area contributed by atoms with E-state index >= 15 is 0 Å². The number of aromatic nitrogens is 2. The smallest absolute Gasteiger partial charge is 0.354 e. The topological polar surface area (TPSA) is 66.9 Å². The van der Waals surface area contributed by atoms with E-state index in [1.807, 2.05) is 0 Å². The van der Waals surface area contributed by atoms with Crippen LogP contribution in [0.5, 0.6) is 0 Å². The molecule has 9 heteroatoms. The first-order valence-electron chi connectivity index (χ1n) is 4.92. The van der Waals surface area contributed by atoms with Crippen LogP contribution in [0.1, 0.15) is 17.8 Å². The zero-order valence-corrected chi connectivity index (χ0v) is 9.36. The average Bonchev–Trinajstić information content (AvgIpc) is 2.69. The summed E-state index contributed by atoms with van der Waals surface area (Å²) in [5.74, 6) is -0.222. The molecule has 2 rings (SSSR count). The quantitative estimate of drug-likeness (QED) is 0.845. The highest BCUT2D eigenvalue weighted by molar-refractivity contribution is 7.15.